The van der Waals surface area contributed by atoms with E-state index in [1.165, 1.54) is 30.7 Å². The molecule has 0 radical (unpaired) electrons. The summed E-state index contributed by atoms with van der Waals surface area (Å²) in [5.74, 6) is -3.46. The van der Waals surface area contributed by atoms with Crippen molar-refractivity contribution in [3.05, 3.63) is 106 Å². The number of aryl methyl sites for hydroxylation is 1. The van der Waals surface area contributed by atoms with Gasteiger partial charge in [0.2, 0.25) is 5.91 Å². The molecule has 2 atom stereocenters. The second-order valence-corrected chi connectivity index (χ2v) is 14.3. The van der Waals surface area contributed by atoms with Gasteiger partial charge in [-0.15, -0.1) is 6.58 Å². The van der Waals surface area contributed by atoms with Crippen molar-refractivity contribution in [3.8, 4) is 23.0 Å². The Morgan fingerprint density at radius 3 is 2.40 bits per heavy atom. The number of nitrogens with zero attached hydrogens (tertiary/aromatic N) is 5. The van der Waals surface area contributed by atoms with Crippen LogP contribution in [0.2, 0.25) is 5.02 Å². The van der Waals surface area contributed by atoms with Gasteiger partial charge < -0.3 is 20.8 Å². The lowest BCUT2D eigenvalue weighted by molar-refractivity contribution is -0.123. The van der Waals surface area contributed by atoms with Gasteiger partial charge in [-0.2, -0.15) is 19.0 Å². The Morgan fingerprint density at radius 1 is 1.09 bits per heavy atom. The van der Waals surface area contributed by atoms with Gasteiger partial charge in [-0.3, -0.25) is 19.0 Å². The highest BCUT2D eigenvalue weighted by atomic mass is 35.5. The number of anilines is 1. The molecule has 5 aromatic rings. The van der Waals surface area contributed by atoms with E-state index in [1.807, 2.05) is 0 Å². The largest absolute Gasteiger partial charge is 0.387 e. The molecule has 0 fully saturated rings. The number of aromatic nitrogens is 5. The van der Waals surface area contributed by atoms with E-state index in [2.05, 4.69) is 39.3 Å². The number of hydrogen-bond acceptors (Lipinski definition) is 7. The van der Waals surface area contributed by atoms with Gasteiger partial charge in [0, 0.05) is 29.8 Å². The summed E-state index contributed by atoms with van der Waals surface area (Å²) >= 11 is 6.59. The number of aliphatic hydroxyl groups excluding tert-OH is 1. The highest BCUT2D eigenvalue weighted by Crippen LogP contribution is 2.49. The minimum atomic E-state index is -3.68. The Labute approximate surface area is 326 Å². The molecule has 1 aliphatic rings. The summed E-state index contributed by atoms with van der Waals surface area (Å²) in [7, 11) is 1.55. The van der Waals surface area contributed by atoms with Crippen LogP contribution in [0.15, 0.2) is 55.1 Å². The van der Waals surface area contributed by atoms with Crippen molar-refractivity contribution in [1.29, 1.82) is 0 Å². The van der Waals surface area contributed by atoms with Crippen LogP contribution >= 0.6 is 11.6 Å². The fraction of sp³-hybridized carbons (Fsp3) is 0.308. The lowest BCUT2D eigenvalue weighted by Crippen LogP contribution is -2.35. The monoisotopic (exact) mass is 813 g/mol. The molecular weight excluding hydrogens is 780 g/mol. The van der Waals surface area contributed by atoms with Crippen LogP contribution in [0.4, 0.5) is 32.2 Å². The fourth-order valence-corrected chi connectivity index (χ4v) is 7.04. The molecule has 0 aliphatic heterocycles. The Hall–Kier alpha value is -5.70. The molecule has 0 bridgehead atoms. The van der Waals surface area contributed by atoms with Gasteiger partial charge in [0.05, 0.1) is 33.6 Å². The van der Waals surface area contributed by atoms with Crippen LogP contribution < -0.4 is 10.6 Å². The van der Waals surface area contributed by atoms with Crippen LogP contribution in [0.25, 0.3) is 22.0 Å². The molecule has 0 saturated heterocycles. The van der Waals surface area contributed by atoms with Crippen molar-refractivity contribution in [1.82, 2.24) is 29.9 Å². The Kier molecular flexibility index (Phi) is 11.3. The number of pyridine rings is 1. The highest BCUT2D eigenvalue weighted by molar-refractivity contribution is 6.37. The summed E-state index contributed by atoms with van der Waals surface area (Å²) in [5.41, 5.74) is -2.49. The first-order valence-corrected chi connectivity index (χ1v) is 17.6. The van der Waals surface area contributed by atoms with E-state index in [4.69, 9.17) is 16.6 Å². The number of nitrogens with one attached hydrogen (secondary N) is 2. The Balaban J connectivity index is 1.53. The number of amides is 2. The maximum absolute atomic E-state index is 15.5. The maximum atomic E-state index is 15.5. The highest BCUT2D eigenvalue weighted by Gasteiger charge is 2.52. The number of hydrogen-bond donors (Lipinski definition) is 4. The van der Waals surface area contributed by atoms with Crippen molar-refractivity contribution in [2.24, 2.45) is 13.0 Å². The third-order valence-corrected chi connectivity index (χ3v) is 9.46. The normalized spacial score (nSPS) is 15.3. The molecule has 11 nitrogen and oxygen atoms in total. The van der Waals surface area contributed by atoms with Crippen LogP contribution in [0.1, 0.15) is 60.2 Å². The van der Waals surface area contributed by atoms with E-state index in [9.17, 15) is 37.4 Å². The summed E-state index contributed by atoms with van der Waals surface area (Å²) in [5, 5.41) is 33.3. The summed E-state index contributed by atoms with van der Waals surface area (Å²) in [6, 6.07) is 7.49. The number of aliphatic hydroxyl groups is 2. The molecule has 3 heterocycles. The second kappa shape index (κ2) is 15.7. The maximum Gasteiger partial charge on any atom is 0.296 e. The predicted molar refractivity (Wildman–Crippen MR) is 197 cm³/mol. The van der Waals surface area contributed by atoms with Crippen molar-refractivity contribution in [2.75, 3.05) is 11.9 Å². The Morgan fingerprint density at radius 2 is 1.77 bits per heavy atom. The zero-order chi connectivity index (χ0) is 41.6. The smallest absolute Gasteiger partial charge is 0.296 e. The van der Waals surface area contributed by atoms with Gasteiger partial charge in [-0.25, -0.2) is 22.5 Å². The first-order valence-electron chi connectivity index (χ1n) is 17.3. The molecule has 298 valence electrons. The van der Waals surface area contributed by atoms with Crippen molar-refractivity contribution >= 4 is 40.1 Å². The van der Waals surface area contributed by atoms with Crippen molar-refractivity contribution in [3.63, 3.8) is 0 Å². The quantitative estimate of drug-likeness (QED) is 0.0696. The summed E-state index contributed by atoms with van der Waals surface area (Å²) in [6.45, 7) is 4.46. The average Bonchev–Trinajstić information content (AvgIpc) is 3.75. The van der Waals surface area contributed by atoms with E-state index in [0.717, 1.165) is 18.2 Å². The molecule has 2 amide bonds. The summed E-state index contributed by atoms with van der Waals surface area (Å²) in [4.78, 5) is 30.8. The first-order chi connectivity index (χ1) is 26.8. The van der Waals surface area contributed by atoms with Crippen molar-refractivity contribution in [2.45, 2.75) is 57.2 Å². The second-order valence-electron chi connectivity index (χ2n) is 13.9. The van der Waals surface area contributed by atoms with Gasteiger partial charge in [0.15, 0.2) is 5.82 Å². The summed E-state index contributed by atoms with van der Waals surface area (Å²) < 4.78 is 90.1. The lowest BCUT2D eigenvalue weighted by Gasteiger charge is -2.23. The van der Waals surface area contributed by atoms with Crippen LogP contribution in [-0.2, 0) is 41.9 Å². The standard InChI is InChI=1S/C39H34ClF6N7O4/c1-5-20-15-26-33(36(43)44)50-53(35(26)39(20,45)46)17-29(55)48-28(14-19-12-21(41)16-22(42)13-19)32-24(7-6-23(47-32)10-11-38(2,3)57)25-8-9-27(40)31-34(25)52(4)51-37(31)49-30(56)18-54/h5-9,12-13,16,20,28,36,54,57H,1,14-15,17-18H2,2-4H3,(H,48,55)(H,49,51,56)/t20-,28+/m1/s1. The Bertz CT molecular complexity index is 2460. The predicted octanol–water partition coefficient (Wildman–Crippen LogP) is 6.30. The van der Waals surface area contributed by atoms with E-state index < -0.39 is 84.3 Å². The average molecular weight is 814 g/mol. The van der Waals surface area contributed by atoms with Crippen LogP contribution in [0, 0.1) is 29.4 Å². The molecule has 18 heteroatoms. The van der Waals surface area contributed by atoms with Crippen molar-refractivity contribution < 1.29 is 46.1 Å². The third kappa shape index (κ3) is 8.38. The molecule has 2 aromatic carbocycles. The molecule has 1 aliphatic carbocycles. The van der Waals surface area contributed by atoms with Gasteiger partial charge in [-0.1, -0.05) is 29.7 Å². The molecule has 0 spiro atoms. The number of alkyl halides is 4. The van der Waals surface area contributed by atoms with Crippen LogP contribution in [0.5, 0.6) is 0 Å². The van der Waals surface area contributed by atoms with Gasteiger partial charge in [0.25, 0.3) is 18.3 Å². The molecule has 0 saturated carbocycles. The molecule has 57 heavy (non-hydrogen) atoms. The third-order valence-electron chi connectivity index (χ3n) is 9.15. The SMILES string of the molecule is C=C[C@@H]1Cc2c(C(F)F)nn(CC(=O)N[C@@H](Cc3cc(F)cc(F)c3)c3nc(C#CC(C)(C)O)ccc3-c3ccc(Cl)c4c(NC(=O)CO)nn(C)c34)c2C1(F)F. The van der Waals surface area contributed by atoms with E-state index >= 15 is 8.78 Å². The number of carbonyl (C=O) groups excluding carboxylic acids is 2. The first kappa shape index (κ1) is 40.9. The van der Waals surface area contributed by atoms with Gasteiger partial charge in [-0.05, 0) is 68.5 Å². The number of rotatable bonds is 11. The van der Waals surface area contributed by atoms with Crippen LogP contribution in [-0.4, -0.2) is 58.8 Å². The van der Waals surface area contributed by atoms with Crippen LogP contribution in [0.3, 0.4) is 0 Å². The number of halogens is 7. The zero-order valence-electron chi connectivity index (χ0n) is 30.5. The van der Waals surface area contributed by atoms with E-state index in [-0.39, 0.29) is 50.7 Å². The van der Waals surface area contributed by atoms with Gasteiger partial charge in [0.1, 0.15) is 47.5 Å². The molecule has 0 unspecified atom stereocenters. The van der Waals surface area contributed by atoms with E-state index in [0.29, 0.717) is 21.8 Å². The number of benzene rings is 2. The van der Waals surface area contributed by atoms with Gasteiger partial charge >= 0.3 is 0 Å². The minimum Gasteiger partial charge on any atom is -0.387 e. The van der Waals surface area contributed by atoms with E-state index in [1.54, 1.807) is 19.2 Å². The number of allylic oxidation sites excluding steroid dienone is 1. The zero-order valence-corrected chi connectivity index (χ0v) is 31.2. The fourth-order valence-electron chi connectivity index (χ4n) is 6.80. The molecular formula is C39H34ClF6N7O4. The number of carbonyl (C=O) groups is 2. The lowest BCUT2D eigenvalue weighted by atomic mass is 9.93. The number of fused-ring (bicyclic) bond motifs is 2. The topological polar surface area (TPSA) is 147 Å². The summed E-state index contributed by atoms with van der Waals surface area (Å²) in [6.07, 6.45) is -3.09. The molecule has 6 rings (SSSR count). The minimum absolute atomic E-state index is 0.00563. The molecule has 4 N–H and O–H groups in total. The molecule has 3 aromatic heterocycles.